The van der Waals surface area contributed by atoms with Gasteiger partial charge in [0.15, 0.2) is 0 Å². The van der Waals surface area contributed by atoms with Gasteiger partial charge in [0.25, 0.3) is 0 Å². The maximum atomic E-state index is 12.0. The molecule has 116 valence electrons. The largest absolute Gasteiger partial charge is 0.453 e. The van der Waals surface area contributed by atoms with E-state index in [1.165, 1.54) is 14.0 Å². The number of carbonyl (C=O) groups excluding carboxylic acids is 2. The Morgan fingerprint density at radius 1 is 1.24 bits per heavy atom. The molecule has 5 nitrogen and oxygen atoms in total. The molecule has 2 amide bonds. The molecule has 0 radical (unpaired) electrons. The number of benzene rings is 1. The Kier molecular flexibility index (Phi) is 5.76. The van der Waals surface area contributed by atoms with Crippen LogP contribution in [0.1, 0.15) is 33.3 Å². The van der Waals surface area contributed by atoms with Crippen molar-refractivity contribution in [3.8, 4) is 0 Å². The first-order valence-corrected chi connectivity index (χ1v) is 6.96. The lowest BCUT2D eigenvalue weighted by Crippen LogP contribution is -2.38. The number of methoxy groups -OCH3 is 1. The molecule has 0 spiro atoms. The van der Waals surface area contributed by atoms with Crippen molar-refractivity contribution in [1.29, 1.82) is 0 Å². The van der Waals surface area contributed by atoms with Crippen LogP contribution in [0.4, 0.5) is 10.5 Å². The van der Waals surface area contributed by atoms with Crippen LogP contribution in [0.25, 0.3) is 0 Å². The molecule has 1 aromatic carbocycles. The zero-order chi connectivity index (χ0) is 16.0. The molecule has 0 atom stereocenters. The van der Waals surface area contributed by atoms with E-state index < -0.39 is 6.09 Å². The summed E-state index contributed by atoms with van der Waals surface area (Å²) in [6.07, 6.45) is -0.498. The van der Waals surface area contributed by atoms with Gasteiger partial charge in [0.2, 0.25) is 5.91 Å². The van der Waals surface area contributed by atoms with E-state index in [-0.39, 0.29) is 11.3 Å². The van der Waals surface area contributed by atoms with Gasteiger partial charge in [0.05, 0.1) is 7.11 Å². The van der Waals surface area contributed by atoms with E-state index in [0.29, 0.717) is 13.1 Å². The zero-order valence-corrected chi connectivity index (χ0v) is 13.4. The van der Waals surface area contributed by atoms with E-state index in [9.17, 15) is 9.59 Å². The van der Waals surface area contributed by atoms with Crippen molar-refractivity contribution in [2.24, 2.45) is 0 Å². The third kappa shape index (κ3) is 4.77. The van der Waals surface area contributed by atoms with Crippen LogP contribution in [0.15, 0.2) is 24.3 Å². The average Bonchev–Trinajstić information content (AvgIpc) is 2.42. The molecule has 0 saturated carbocycles. The van der Waals surface area contributed by atoms with Crippen molar-refractivity contribution in [2.45, 2.75) is 33.1 Å². The van der Waals surface area contributed by atoms with Crippen molar-refractivity contribution < 1.29 is 14.3 Å². The Balaban J connectivity index is 2.97. The minimum absolute atomic E-state index is 0.0571. The number of anilines is 1. The molecule has 21 heavy (non-hydrogen) atoms. The average molecular weight is 292 g/mol. The molecule has 0 fully saturated rings. The number of ether oxygens (including phenoxy) is 1. The van der Waals surface area contributed by atoms with Gasteiger partial charge < -0.3 is 15.0 Å². The number of para-hydroxylation sites is 1. The van der Waals surface area contributed by atoms with E-state index >= 15 is 0 Å². The lowest BCUT2D eigenvalue weighted by atomic mass is 9.85. The lowest BCUT2D eigenvalue weighted by Gasteiger charge is -2.29. The molecule has 0 aliphatic rings. The summed E-state index contributed by atoms with van der Waals surface area (Å²) in [5, 5.41) is 2.59. The summed E-state index contributed by atoms with van der Waals surface area (Å²) in [5.74, 6) is -0.0571. The number of carbonyl (C=O) groups is 2. The van der Waals surface area contributed by atoms with Gasteiger partial charge in [-0.15, -0.1) is 0 Å². The highest BCUT2D eigenvalue weighted by molar-refractivity contribution is 5.92. The first kappa shape index (κ1) is 17.0. The first-order valence-electron chi connectivity index (χ1n) is 6.96. The monoisotopic (exact) mass is 292 g/mol. The Morgan fingerprint density at radius 3 is 2.38 bits per heavy atom. The highest BCUT2D eigenvalue weighted by Crippen LogP contribution is 2.31. The molecule has 0 saturated heterocycles. The number of rotatable bonds is 4. The minimum atomic E-state index is -0.498. The van der Waals surface area contributed by atoms with Crippen molar-refractivity contribution in [1.82, 2.24) is 5.32 Å². The van der Waals surface area contributed by atoms with Crippen LogP contribution in [0.3, 0.4) is 0 Å². The van der Waals surface area contributed by atoms with Crippen LogP contribution in [-0.4, -0.2) is 32.2 Å². The van der Waals surface area contributed by atoms with Gasteiger partial charge in [-0.05, 0) is 17.0 Å². The molecule has 0 aliphatic heterocycles. The second-order valence-corrected chi connectivity index (χ2v) is 5.86. The fraction of sp³-hybridized carbons (Fsp3) is 0.500. The molecule has 0 heterocycles. The molecule has 0 aliphatic carbocycles. The molecule has 0 aromatic heterocycles. The summed E-state index contributed by atoms with van der Waals surface area (Å²) in [7, 11) is 1.31. The topological polar surface area (TPSA) is 58.6 Å². The molecule has 5 heteroatoms. The maximum absolute atomic E-state index is 12.0. The predicted octanol–water partition coefficient (Wildman–Crippen LogP) is 2.69. The fourth-order valence-corrected chi connectivity index (χ4v) is 2.13. The number of hydrogen-bond acceptors (Lipinski definition) is 3. The summed E-state index contributed by atoms with van der Waals surface area (Å²) < 4.78 is 4.52. The van der Waals surface area contributed by atoms with Gasteiger partial charge in [-0.1, -0.05) is 39.0 Å². The maximum Gasteiger partial charge on any atom is 0.406 e. The summed E-state index contributed by atoms with van der Waals surface area (Å²) in [6, 6.07) is 7.84. The predicted molar refractivity (Wildman–Crippen MR) is 83.6 cm³/mol. The van der Waals surface area contributed by atoms with Gasteiger partial charge in [0, 0.05) is 25.7 Å². The zero-order valence-electron chi connectivity index (χ0n) is 13.4. The quantitative estimate of drug-likeness (QED) is 0.928. The van der Waals surface area contributed by atoms with Crippen LogP contribution < -0.4 is 10.2 Å². The van der Waals surface area contributed by atoms with Crippen LogP contribution >= 0.6 is 0 Å². The Labute approximate surface area is 126 Å². The normalized spacial score (nSPS) is 10.9. The van der Waals surface area contributed by atoms with Crippen molar-refractivity contribution in [2.75, 3.05) is 25.1 Å². The van der Waals surface area contributed by atoms with Gasteiger partial charge in [-0.3, -0.25) is 4.79 Å². The molecule has 1 rings (SSSR count). The van der Waals surface area contributed by atoms with Crippen molar-refractivity contribution >= 4 is 17.7 Å². The van der Waals surface area contributed by atoms with Crippen LogP contribution in [0.5, 0.6) is 0 Å². The third-order valence-electron chi connectivity index (χ3n) is 3.17. The molecule has 0 unspecified atom stereocenters. The van der Waals surface area contributed by atoms with E-state index in [2.05, 4.69) is 30.8 Å². The second kappa shape index (κ2) is 7.11. The fourth-order valence-electron chi connectivity index (χ4n) is 2.13. The number of alkyl carbamates (subject to hydrolysis) is 1. The van der Waals surface area contributed by atoms with Gasteiger partial charge in [-0.2, -0.15) is 0 Å². The molecular weight excluding hydrogens is 268 g/mol. The lowest BCUT2D eigenvalue weighted by molar-refractivity contribution is -0.116. The summed E-state index contributed by atoms with van der Waals surface area (Å²) in [5.41, 5.74) is 1.91. The van der Waals surface area contributed by atoms with Crippen LogP contribution in [-0.2, 0) is 14.9 Å². The Morgan fingerprint density at radius 2 is 1.86 bits per heavy atom. The number of amides is 2. The molecular formula is C16H24N2O3. The molecule has 0 bridgehead atoms. The minimum Gasteiger partial charge on any atom is -0.453 e. The molecule has 1 aromatic rings. The van der Waals surface area contributed by atoms with Crippen molar-refractivity contribution in [3.05, 3.63) is 29.8 Å². The van der Waals surface area contributed by atoms with Crippen LogP contribution in [0.2, 0.25) is 0 Å². The summed E-state index contributed by atoms with van der Waals surface area (Å²) in [4.78, 5) is 24.7. The highest BCUT2D eigenvalue weighted by atomic mass is 16.5. The van der Waals surface area contributed by atoms with Gasteiger partial charge in [-0.25, -0.2) is 4.79 Å². The van der Waals surface area contributed by atoms with E-state index in [4.69, 9.17) is 0 Å². The number of nitrogens with zero attached hydrogens (tertiary/aromatic N) is 1. The van der Waals surface area contributed by atoms with E-state index in [1.54, 1.807) is 4.90 Å². The highest BCUT2D eigenvalue weighted by Gasteiger charge is 2.22. The summed E-state index contributed by atoms with van der Waals surface area (Å²) >= 11 is 0. The van der Waals surface area contributed by atoms with E-state index in [1.807, 2.05) is 24.3 Å². The first-order chi connectivity index (χ1) is 9.77. The Hall–Kier alpha value is -2.04. The Bertz CT molecular complexity index is 506. The molecule has 1 N–H and O–H groups in total. The summed E-state index contributed by atoms with van der Waals surface area (Å²) in [6.45, 7) is 8.59. The standard InChI is InChI=1S/C16H24N2O3/c1-12(19)18(11-10-17-15(20)21-5)14-9-7-6-8-13(14)16(2,3)4/h6-9H,10-11H2,1-5H3,(H,17,20). The third-order valence-corrected chi connectivity index (χ3v) is 3.17. The SMILES string of the molecule is COC(=O)NCCN(C(C)=O)c1ccccc1C(C)(C)C. The van der Waals surface area contributed by atoms with E-state index in [0.717, 1.165) is 11.3 Å². The smallest absolute Gasteiger partial charge is 0.406 e. The van der Waals surface area contributed by atoms with Gasteiger partial charge >= 0.3 is 6.09 Å². The van der Waals surface area contributed by atoms with Crippen molar-refractivity contribution in [3.63, 3.8) is 0 Å². The van der Waals surface area contributed by atoms with Crippen LogP contribution in [0, 0.1) is 0 Å². The number of hydrogen-bond donors (Lipinski definition) is 1. The second-order valence-electron chi connectivity index (χ2n) is 5.86. The number of nitrogens with one attached hydrogen (secondary N) is 1. The van der Waals surface area contributed by atoms with Gasteiger partial charge in [0.1, 0.15) is 0 Å².